The second-order valence-corrected chi connectivity index (χ2v) is 24.1. The number of hydrogen-bond donors (Lipinski definition) is 2. The molecule has 410 valence electrons. The van der Waals surface area contributed by atoms with Crippen molar-refractivity contribution in [3.8, 4) is 51.4 Å². The molecule has 10 nitrogen and oxygen atoms in total. The van der Waals surface area contributed by atoms with Crippen molar-refractivity contribution in [3.05, 3.63) is 90.0 Å². The molecule has 0 spiro atoms. The van der Waals surface area contributed by atoms with Crippen molar-refractivity contribution in [1.82, 2.24) is 10.2 Å². The SMILES string of the molecule is C#C.C#C.C#C.C#C.C=CC.CC.CC1(C)C(c2ccc(C(=O)O[C@H]3C[C@@H](O)C[C@@H](C(=O)OCc4ccccc4)O3)cc2)=CC[C@@]2(C)C1CC[C@@]1(C)C3CC[C@@]4(NCCN5CCS(=O)(=O)CC5)CCCC4[C@H]3CCC12. The van der Waals surface area contributed by atoms with Crippen LogP contribution in [0.3, 0.4) is 0 Å². The smallest absolute Gasteiger partial charge is 0.340 e. The van der Waals surface area contributed by atoms with Gasteiger partial charge in [-0.3, -0.25) is 0 Å². The molecule has 0 aromatic heterocycles. The summed E-state index contributed by atoms with van der Waals surface area (Å²) in [5.74, 6) is 3.00. The second kappa shape index (κ2) is 29.4. The number of nitrogens with one attached hydrogen (secondary N) is 1. The van der Waals surface area contributed by atoms with Crippen molar-refractivity contribution >= 4 is 27.3 Å². The molecule has 11 atom stereocenters. The van der Waals surface area contributed by atoms with E-state index in [1.807, 2.05) is 75.4 Å². The first kappa shape index (κ1) is 64.2. The summed E-state index contributed by atoms with van der Waals surface area (Å²) in [7, 11) is -2.86. The Labute approximate surface area is 453 Å². The highest BCUT2D eigenvalue weighted by atomic mass is 32.2. The van der Waals surface area contributed by atoms with Crippen molar-refractivity contribution in [2.24, 2.45) is 45.8 Å². The molecule has 2 N–H and O–H groups in total. The highest BCUT2D eigenvalue weighted by Gasteiger charge is 2.65. The van der Waals surface area contributed by atoms with Gasteiger partial charge in [0.2, 0.25) is 6.29 Å². The van der Waals surface area contributed by atoms with Gasteiger partial charge in [-0.1, -0.05) is 103 Å². The number of hydrogen-bond acceptors (Lipinski definition) is 10. The van der Waals surface area contributed by atoms with Gasteiger partial charge in [0.25, 0.3) is 0 Å². The molecule has 7 aliphatic rings. The molecule has 4 saturated carbocycles. The fourth-order valence-electron chi connectivity index (χ4n) is 14.9. The van der Waals surface area contributed by atoms with Gasteiger partial charge in [-0.05, 0) is 139 Å². The summed E-state index contributed by atoms with van der Waals surface area (Å²) in [6.07, 6.45) is 46.3. The maximum Gasteiger partial charge on any atom is 0.340 e. The Balaban J connectivity index is 0.00000106. The lowest BCUT2D eigenvalue weighted by molar-refractivity contribution is -0.208. The Morgan fingerprint density at radius 3 is 2.07 bits per heavy atom. The van der Waals surface area contributed by atoms with Crippen LogP contribution in [0.5, 0.6) is 0 Å². The number of carbonyl (C=O) groups is 2. The van der Waals surface area contributed by atoms with Gasteiger partial charge in [-0.25, -0.2) is 18.0 Å². The maximum absolute atomic E-state index is 13.4. The van der Waals surface area contributed by atoms with Gasteiger partial charge < -0.3 is 29.5 Å². The Morgan fingerprint density at radius 1 is 0.813 bits per heavy atom. The van der Waals surface area contributed by atoms with E-state index in [-0.39, 0.29) is 35.8 Å². The van der Waals surface area contributed by atoms with Gasteiger partial charge in [0.05, 0.1) is 23.2 Å². The summed E-state index contributed by atoms with van der Waals surface area (Å²) in [6.45, 7) is 22.8. The number of terminal acetylenes is 4. The van der Waals surface area contributed by atoms with Crippen molar-refractivity contribution < 1.29 is 37.3 Å². The molecule has 0 amide bonds. The molecule has 6 fully saturated rings. The summed E-state index contributed by atoms with van der Waals surface area (Å²) in [5.41, 5.74) is 4.51. The van der Waals surface area contributed by atoms with Crippen molar-refractivity contribution in [1.29, 1.82) is 0 Å². The zero-order valence-electron chi connectivity index (χ0n) is 46.4. The number of benzene rings is 2. The van der Waals surface area contributed by atoms with Crippen LogP contribution in [0, 0.1) is 97.2 Å². The average Bonchev–Trinajstić information content (AvgIpc) is 3.86. The molecule has 75 heavy (non-hydrogen) atoms. The molecule has 0 radical (unpaired) electrons. The Hall–Kier alpha value is -5.11. The first-order valence-corrected chi connectivity index (χ1v) is 29.0. The van der Waals surface area contributed by atoms with E-state index in [0.29, 0.717) is 47.4 Å². The van der Waals surface area contributed by atoms with E-state index in [2.05, 4.69) is 102 Å². The monoisotopic (exact) mass is 1050 g/mol. The highest BCUT2D eigenvalue weighted by molar-refractivity contribution is 7.91. The van der Waals surface area contributed by atoms with Gasteiger partial charge in [0.15, 0.2) is 15.9 Å². The second-order valence-electron chi connectivity index (χ2n) is 21.8. The average molecular weight is 1050 g/mol. The number of nitrogens with zero attached hydrogens (tertiary/aromatic N) is 1. The van der Waals surface area contributed by atoms with Crippen LogP contribution in [0.1, 0.15) is 147 Å². The highest BCUT2D eigenvalue weighted by Crippen LogP contribution is 2.72. The number of allylic oxidation sites excluding steroid dienone is 3. The molecule has 2 aliphatic heterocycles. The topological polar surface area (TPSA) is 131 Å². The third kappa shape index (κ3) is 14.7. The molecule has 4 unspecified atom stereocenters. The summed E-state index contributed by atoms with van der Waals surface area (Å²) >= 11 is 0. The molecule has 2 aromatic rings. The number of aliphatic hydroxyl groups excluding tert-OH is 1. The number of ether oxygens (including phenoxy) is 3. The quantitative estimate of drug-likeness (QED) is 0.135. The van der Waals surface area contributed by atoms with Crippen molar-refractivity contribution in [2.75, 3.05) is 37.7 Å². The fourth-order valence-corrected chi connectivity index (χ4v) is 16.2. The van der Waals surface area contributed by atoms with Gasteiger partial charge >= 0.3 is 11.9 Å². The van der Waals surface area contributed by atoms with Crippen LogP contribution < -0.4 is 5.32 Å². The first-order valence-electron chi connectivity index (χ1n) is 27.2. The number of aliphatic hydroxyl groups is 1. The largest absolute Gasteiger partial charge is 0.459 e. The number of sulfone groups is 1. The lowest BCUT2D eigenvalue weighted by atomic mass is 9.37. The first-order chi connectivity index (χ1) is 36.0. The minimum atomic E-state index is -2.86. The normalized spacial score (nSPS) is 32.3. The maximum atomic E-state index is 13.4. The van der Waals surface area contributed by atoms with Crippen LogP contribution in [0.2, 0.25) is 0 Å². The zero-order valence-corrected chi connectivity index (χ0v) is 47.2. The Kier molecular flexibility index (Phi) is 25.2. The van der Waals surface area contributed by atoms with Crippen LogP contribution in [-0.4, -0.2) is 92.1 Å². The number of fused-ring (bicyclic) bond motifs is 7. The summed E-state index contributed by atoms with van der Waals surface area (Å²) in [5, 5.41) is 14.7. The lowest BCUT2D eigenvalue weighted by Gasteiger charge is -2.68. The molecule has 0 bridgehead atoms. The fraction of sp³-hybridized carbons (Fsp3) is 0.594. The molecular formula is C64H90N2O8S. The van der Waals surface area contributed by atoms with Gasteiger partial charge in [-0.2, -0.15) is 0 Å². The minimum Gasteiger partial charge on any atom is -0.459 e. The zero-order chi connectivity index (χ0) is 56.2. The predicted octanol–water partition coefficient (Wildman–Crippen LogP) is 11.2. The number of esters is 2. The van der Waals surface area contributed by atoms with Crippen molar-refractivity contribution in [2.45, 2.75) is 156 Å². The Morgan fingerprint density at radius 2 is 1.44 bits per heavy atom. The van der Waals surface area contributed by atoms with E-state index in [1.165, 1.54) is 63.4 Å². The molecule has 2 aromatic carbocycles. The third-order valence-corrected chi connectivity index (χ3v) is 19.5. The standard InChI is InChI=1S/C51H70N2O8S.C3H6.C2H6.4C2H2/c1-48(2)39(35-12-14-36(15-13-35)46(55)61-45-32-37(54)31-42(60-45)47(56)59-33-34-9-6-5-7-10-34)18-22-50(4)43(48)20-23-49(3)40-19-24-51(21-8-11-41(51)38(40)16-17-44(49)50)52-25-26-53-27-29-62(57,58)30-28-53;1-3-2;5*1-2/h5-7,9-10,12-15,18,37-38,40-45,52,54H,8,11,16-17,19-33H2,1-4H3;3H,1H2,2H3;1-2H3;4*1-2H/t37-,38-,40?,41?,42-,43?,44?,45-,49-,50-,51-;;;;;;/m0....../s1. The van der Waals surface area contributed by atoms with E-state index in [1.54, 1.807) is 6.08 Å². The molecule has 2 heterocycles. The third-order valence-electron chi connectivity index (χ3n) is 17.9. The van der Waals surface area contributed by atoms with Crippen LogP contribution >= 0.6 is 0 Å². The molecular weight excluding hydrogens is 957 g/mol. The van der Waals surface area contributed by atoms with Crippen LogP contribution in [0.4, 0.5) is 0 Å². The Bertz CT molecular complexity index is 2310. The predicted molar refractivity (Wildman–Crippen MR) is 306 cm³/mol. The van der Waals surface area contributed by atoms with Gasteiger partial charge in [0.1, 0.15) is 6.61 Å². The molecule has 2 saturated heterocycles. The number of rotatable bonds is 10. The van der Waals surface area contributed by atoms with E-state index < -0.39 is 40.3 Å². The van der Waals surface area contributed by atoms with Gasteiger partial charge in [-0.15, -0.1) is 58.0 Å². The van der Waals surface area contributed by atoms with E-state index in [0.717, 1.165) is 48.4 Å². The van der Waals surface area contributed by atoms with E-state index in [9.17, 15) is 23.1 Å². The van der Waals surface area contributed by atoms with E-state index in [4.69, 9.17) is 14.2 Å². The van der Waals surface area contributed by atoms with E-state index >= 15 is 0 Å². The van der Waals surface area contributed by atoms with Crippen LogP contribution in [0.15, 0.2) is 73.3 Å². The summed E-state index contributed by atoms with van der Waals surface area (Å²) in [4.78, 5) is 28.5. The minimum absolute atomic E-state index is 0.0426. The number of carbonyl (C=O) groups excluding carboxylic acids is 2. The summed E-state index contributed by atoms with van der Waals surface area (Å²) in [6, 6.07) is 17.1. The summed E-state index contributed by atoms with van der Waals surface area (Å²) < 4.78 is 41.0. The lowest BCUT2D eigenvalue weighted by Crippen LogP contribution is -2.63. The van der Waals surface area contributed by atoms with Crippen LogP contribution in [0.25, 0.3) is 5.57 Å². The van der Waals surface area contributed by atoms with Crippen molar-refractivity contribution in [3.63, 3.8) is 0 Å². The van der Waals surface area contributed by atoms with Gasteiger partial charge in [0, 0.05) is 44.6 Å². The molecule has 11 heteroatoms. The molecule has 9 rings (SSSR count). The van der Waals surface area contributed by atoms with Crippen LogP contribution in [-0.2, 0) is 35.4 Å². The molecule has 5 aliphatic carbocycles.